The van der Waals surface area contributed by atoms with Crippen LogP contribution in [0.2, 0.25) is 0 Å². The third kappa shape index (κ3) is 4.06. The first-order chi connectivity index (χ1) is 7.46. The van der Waals surface area contributed by atoms with Gasteiger partial charge in [0, 0.05) is 17.0 Å². The zero-order chi connectivity index (χ0) is 12.2. The Kier molecular flexibility index (Phi) is 4.69. The molecule has 90 valence electrons. The number of rotatable bonds is 4. The zero-order valence-corrected chi connectivity index (χ0v) is 11.6. The predicted molar refractivity (Wildman–Crippen MR) is 71.4 cm³/mol. The summed E-state index contributed by atoms with van der Waals surface area (Å²) in [5.41, 5.74) is 1.40. The quantitative estimate of drug-likeness (QED) is 0.815. The van der Waals surface area contributed by atoms with Crippen LogP contribution in [-0.2, 0) is 6.54 Å². The Hall–Kier alpha value is -0.670. The highest BCUT2D eigenvalue weighted by Crippen LogP contribution is 2.28. The minimum absolute atomic E-state index is 0.144. The van der Waals surface area contributed by atoms with Crippen LogP contribution in [-0.4, -0.2) is 18.9 Å². The van der Waals surface area contributed by atoms with E-state index in [1.165, 1.54) is 10.5 Å². The van der Waals surface area contributed by atoms with Gasteiger partial charge in [-0.05, 0) is 44.7 Å². The van der Waals surface area contributed by atoms with E-state index in [1.807, 2.05) is 0 Å². The van der Waals surface area contributed by atoms with Crippen LogP contribution in [0.1, 0.15) is 26.3 Å². The van der Waals surface area contributed by atoms with Gasteiger partial charge in [-0.25, -0.2) is 0 Å². The Labute approximate surface area is 103 Å². The van der Waals surface area contributed by atoms with Gasteiger partial charge >= 0.3 is 0 Å². The molecule has 0 spiro atoms. The molecule has 0 radical (unpaired) electrons. The fraction of sp³-hybridized carbons (Fsp3) is 0.538. The number of methoxy groups -OCH3 is 1. The summed E-state index contributed by atoms with van der Waals surface area (Å²) in [7, 11) is 1.72. The molecule has 0 aliphatic carbocycles. The van der Waals surface area contributed by atoms with Crippen LogP contribution in [0.3, 0.4) is 0 Å². The van der Waals surface area contributed by atoms with Crippen molar-refractivity contribution in [3.05, 3.63) is 23.8 Å². The average Bonchev–Trinajstić information content (AvgIpc) is 2.25. The average molecular weight is 239 g/mol. The molecule has 0 unspecified atom stereocenters. The normalized spacial score (nSPS) is 11.6. The van der Waals surface area contributed by atoms with E-state index in [0.29, 0.717) is 0 Å². The maximum atomic E-state index is 5.36. The Morgan fingerprint density at radius 1 is 1.31 bits per heavy atom. The SMILES string of the molecule is COc1cc(CNC(C)(C)C)ccc1SC. The number of benzene rings is 1. The van der Waals surface area contributed by atoms with Crippen molar-refractivity contribution in [2.75, 3.05) is 13.4 Å². The summed E-state index contributed by atoms with van der Waals surface area (Å²) in [4.78, 5) is 1.18. The van der Waals surface area contributed by atoms with Gasteiger partial charge in [-0.2, -0.15) is 0 Å². The molecule has 0 aromatic heterocycles. The van der Waals surface area contributed by atoms with Crippen molar-refractivity contribution < 1.29 is 4.74 Å². The van der Waals surface area contributed by atoms with Crippen molar-refractivity contribution in [2.45, 2.75) is 37.8 Å². The molecular formula is C13H21NOS. The topological polar surface area (TPSA) is 21.3 Å². The van der Waals surface area contributed by atoms with Crippen molar-refractivity contribution in [2.24, 2.45) is 0 Å². The number of hydrogen-bond acceptors (Lipinski definition) is 3. The van der Waals surface area contributed by atoms with Crippen LogP contribution >= 0.6 is 11.8 Å². The van der Waals surface area contributed by atoms with Crippen LogP contribution in [0, 0.1) is 0 Å². The number of ether oxygens (including phenoxy) is 1. The van der Waals surface area contributed by atoms with Gasteiger partial charge in [0.15, 0.2) is 0 Å². The Morgan fingerprint density at radius 3 is 2.50 bits per heavy atom. The first-order valence-electron chi connectivity index (χ1n) is 5.42. The lowest BCUT2D eigenvalue weighted by molar-refractivity contribution is 0.401. The molecule has 1 aromatic rings. The molecule has 0 aliphatic rings. The van der Waals surface area contributed by atoms with Crippen molar-refractivity contribution in [1.29, 1.82) is 0 Å². The maximum absolute atomic E-state index is 5.36. The maximum Gasteiger partial charge on any atom is 0.132 e. The van der Waals surface area contributed by atoms with Gasteiger partial charge < -0.3 is 10.1 Å². The highest BCUT2D eigenvalue weighted by Gasteiger charge is 2.09. The molecule has 16 heavy (non-hydrogen) atoms. The van der Waals surface area contributed by atoms with Crippen LogP contribution in [0.5, 0.6) is 5.75 Å². The molecule has 1 N–H and O–H groups in total. The van der Waals surface area contributed by atoms with Gasteiger partial charge in [0.2, 0.25) is 0 Å². The highest BCUT2D eigenvalue weighted by molar-refractivity contribution is 7.98. The fourth-order valence-electron chi connectivity index (χ4n) is 1.36. The van der Waals surface area contributed by atoms with Crippen molar-refractivity contribution in [3.8, 4) is 5.75 Å². The predicted octanol–water partition coefficient (Wildman–Crippen LogP) is 3.31. The van der Waals surface area contributed by atoms with Crippen LogP contribution in [0.25, 0.3) is 0 Å². The Bertz CT molecular complexity index is 344. The second-order valence-corrected chi connectivity index (χ2v) is 5.64. The monoisotopic (exact) mass is 239 g/mol. The lowest BCUT2D eigenvalue weighted by Gasteiger charge is -2.21. The molecule has 3 heteroatoms. The third-order valence-corrected chi connectivity index (χ3v) is 3.05. The molecule has 2 nitrogen and oxygen atoms in total. The smallest absolute Gasteiger partial charge is 0.132 e. The van der Waals surface area contributed by atoms with Crippen molar-refractivity contribution in [3.63, 3.8) is 0 Å². The zero-order valence-electron chi connectivity index (χ0n) is 10.8. The van der Waals surface area contributed by atoms with Crippen LogP contribution in [0.4, 0.5) is 0 Å². The van der Waals surface area contributed by atoms with Gasteiger partial charge in [-0.15, -0.1) is 11.8 Å². The van der Waals surface area contributed by atoms with Gasteiger partial charge in [0.25, 0.3) is 0 Å². The highest BCUT2D eigenvalue weighted by atomic mass is 32.2. The molecule has 0 fully saturated rings. The standard InChI is InChI=1S/C13H21NOS/c1-13(2,3)14-9-10-6-7-12(16-5)11(8-10)15-4/h6-8,14H,9H2,1-5H3. The summed E-state index contributed by atoms with van der Waals surface area (Å²) in [6, 6.07) is 6.36. The van der Waals surface area contributed by atoms with Gasteiger partial charge in [0.1, 0.15) is 5.75 Å². The number of thioether (sulfide) groups is 1. The minimum atomic E-state index is 0.144. The lowest BCUT2D eigenvalue weighted by atomic mass is 10.1. The largest absolute Gasteiger partial charge is 0.496 e. The molecular weight excluding hydrogens is 218 g/mol. The minimum Gasteiger partial charge on any atom is -0.496 e. The van der Waals surface area contributed by atoms with Crippen LogP contribution < -0.4 is 10.1 Å². The van der Waals surface area contributed by atoms with Crippen molar-refractivity contribution >= 4 is 11.8 Å². The van der Waals surface area contributed by atoms with Gasteiger partial charge in [0.05, 0.1) is 7.11 Å². The van der Waals surface area contributed by atoms with E-state index in [2.05, 4.69) is 50.5 Å². The summed E-state index contributed by atoms with van der Waals surface area (Å²) >= 11 is 1.71. The van der Waals surface area contributed by atoms with E-state index in [0.717, 1.165) is 12.3 Å². The molecule has 0 aliphatic heterocycles. The van der Waals surface area contributed by atoms with Gasteiger partial charge in [-0.1, -0.05) is 6.07 Å². The molecule has 0 saturated carbocycles. The summed E-state index contributed by atoms with van der Waals surface area (Å²) in [5.74, 6) is 0.959. The van der Waals surface area contributed by atoms with E-state index in [1.54, 1.807) is 18.9 Å². The van der Waals surface area contributed by atoms with E-state index < -0.39 is 0 Å². The summed E-state index contributed by atoms with van der Waals surface area (Å²) in [6.45, 7) is 7.37. The molecule has 0 atom stereocenters. The molecule has 0 amide bonds. The van der Waals surface area contributed by atoms with Crippen molar-refractivity contribution in [1.82, 2.24) is 5.32 Å². The Balaban J connectivity index is 2.75. The summed E-state index contributed by atoms with van der Waals surface area (Å²) < 4.78 is 5.36. The second-order valence-electron chi connectivity index (χ2n) is 4.79. The van der Waals surface area contributed by atoms with E-state index in [4.69, 9.17) is 4.74 Å². The van der Waals surface area contributed by atoms with Crippen LogP contribution in [0.15, 0.2) is 23.1 Å². The molecule has 0 heterocycles. The first kappa shape index (κ1) is 13.4. The first-order valence-corrected chi connectivity index (χ1v) is 6.64. The van der Waals surface area contributed by atoms with E-state index >= 15 is 0 Å². The fourth-order valence-corrected chi connectivity index (χ4v) is 1.91. The van der Waals surface area contributed by atoms with E-state index in [-0.39, 0.29) is 5.54 Å². The molecule has 1 rings (SSSR count). The summed E-state index contributed by atoms with van der Waals surface area (Å²) in [5, 5.41) is 3.46. The van der Waals surface area contributed by atoms with Gasteiger partial charge in [-0.3, -0.25) is 0 Å². The molecule has 0 saturated heterocycles. The number of hydrogen-bond donors (Lipinski definition) is 1. The number of nitrogens with one attached hydrogen (secondary N) is 1. The van der Waals surface area contributed by atoms with E-state index in [9.17, 15) is 0 Å². The lowest BCUT2D eigenvalue weighted by Crippen LogP contribution is -2.35. The molecule has 0 bridgehead atoms. The Morgan fingerprint density at radius 2 is 2.00 bits per heavy atom. The summed E-state index contributed by atoms with van der Waals surface area (Å²) in [6.07, 6.45) is 2.06. The second kappa shape index (κ2) is 5.60. The third-order valence-electron chi connectivity index (χ3n) is 2.27. The molecule has 1 aromatic carbocycles.